The second-order valence-corrected chi connectivity index (χ2v) is 21.9. The number of allylic oxidation sites excluding steroid dienone is 5. The third kappa shape index (κ3) is 49.0. The maximum atomic E-state index is 13.4. The zero-order valence-corrected chi connectivity index (χ0v) is 45.8. The van der Waals surface area contributed by atoms with Crippen LogP contribution >= 0.6 is 7.82 Å². The van der Waals surface area contributed by atoms with Crippen molar-refractivity contribution in [2.24, 2.45) is 0 Å². The van der Waals surface area contributed by atoms with Crippen molar-refractivity contribution in [1.82, 2.24) is 5.32 Å². The van der Waals surface area contributed by atoms with Crippen LogP contribution < -0.4 is 5.32 Å². The number of phosphoric ester groups is 1. The summed E-state index contributed by atoms with van der Waals surface area (Å²) >= 11 is 0. The molecule has 0 aromatic heterocycles. The van der Waals surface area contributed by atoms with E-state index in [1.807, 2.05) is 33.3 Å². The van der Waals surface area contributed by atoms with Crippen LogP contribution in [-0.2, 0) is 27.9 Å². The molecule has 1 amide bonds. The van der Waals surface area contributed by atoms with Gasteiger partial charge >= 0.3 is 13.8 Å². The van der Waals surface area contributed by atoms with Crippen molar-refractivity contribution in [2.45, 2.75) is 277 Å². The van der Waals surface area contributed by atoms with Crippen LogP contribution in [0.1, 0.15) is 265 Å². The SMILES string of the molecule is CCCC/C=C\CCCCCCCC(=O)NC(COP(=O)(O)OCC[N+](C)(C)C)C(/C=C\CCCCCCCCCCC)OC(=O)CCCCCCCCCCC/C=C/CCCCCCCC. The maximum Gasteiger partial charge on any atom is 0.472 e. The molecule has 3 unspecified atom stereocenters. The number of hydrogen-bond acceptors (Lipinski definition) is 6. The normalized spacial score (nSPS) is 14.1. The number of amides is 1. The van der Waals surface area contributed by atoms with E-state index >= 15 is 0 Å². The summed E-state index contributed by atoms with van der Waals surface area (Å²) in [5.41, 5.74) is 0. The summed E-state index contributed by atoms with van der Waals surface area (Å²) in [4.78, 5) is 37.5. The smallest absolute Gasteiger partial charge is 0.456 e. The Balaban J connectivity index is 5.25. The molecule has 0 aliphatic rings. The Morgan fingerprint density at radius 2 is 0.881 bits per heavy atom. The molecule has 0 spiro atoms. The molecule has 67 heavy (non-hydrogen) atoms. The minimum Gasteiger partial charge on any atom is -0.456 e. The summed E-state index contributed by atoms with van der Waals surface area (Å²) in [6.45, 7) is 6.96. The molecule has 0 radical (unpaired) electrons. The molecular formula is C57H110N2O7P+. The third-order valence-electron chi connectivity index (χ3n) is 12.6. The first kappa shape index (κ1) is 65.2. The van der Waals surface area contributed by atoms with Crippen molar-refractivity contribution in [1.29, 1.82) is 0 Å². The number of carbonyl (C=O) groups is 2. The molecule has 9 nitrogen and oxygen atoms in total. The van der Waals surface area contributed by atoms with Crippen LogP contribution in [0.4, 0.5) is 0 Å². The van der Waals surface area contributed by atoms with Crippen LogP contribution in [0, 0.1) is 0 Å². The van der Waals surface area contributed by atoms with Crippen molar-refractivity contribution < 1.29 is 37.3 Å². The van der Waals surface area contributed by atoms with Gasteiger partial charge < -0.3 is 19.4 Å². The first-order chi connectivity index (χ1) is 32.4. The monoisotopic (exact) mass is 966 g/mol. The van der Waals surface area contributed by atoms with Crippen molar-refractivity contribution in [3.63, 3.8) is 0 Å². The van der Waals surface area contributed by atoms with Gasteiger partial charge in [-0.05, 0) is 76.7 Å². The van der Waals surface area contributed by atoms with E-state index < -0.39 is 20.0 Å². The maximum absolute atomic E-state index is 13.4. The zero-order chi connectivity index (χ0) is 49.4. The number of esters is 1. The molecule has 0 aliphatic heterocycles. The fraction of sp³-hybridized carbons (Fsp3) is 0.860. The number of ether oxygens (including phenoxy) is 1. The molecule has 0 aliphatic carbocycles. The van der Waals surface area contributed by atoms with E-state index in [0.29, 0.717) is 17.4 Å². The fourth-order valence-electron chi connectivity index (χ4n) is 8.09. The lowest BCUT2D eigenvalue weighted by atomic mass is 10.0. The van der Waals surface area contributed by atoms with E-state index in [9.17, 15) is 19.0 Å². The average Bonchev–Trinajstić information content (AvgIpc) is 3.28. The third-order valence-corrected chi connectivity index (χ3v) is 13.5. The van der Waals surface area contributed by atoms with Gasteiger partial charge in [-0.1, -0.05) is 212 Å². The molecule has 2 N–H and O–H groups in total. The Morgan fingerprint density at radius 1 is 0.507 bits per heavy atom. The number of rotatable bonds is 51. The number of hydrogen-bond donors (Lipinski definition) is 2. The zero-order valence-electron chi connectivity index (χ0n) is 44.9. The number of likely N-dealkylation sites (N-methyl/N-ethyl adjacent to an activating group) is 1. The predicted molar refractivity (Wildman–Crippen MR) is 286 cm³/mol. The minimum absolute atomic E-state index is 0.0394. The fourth-order valence-corrected chi connectivity index (χ4v) is 8.83. The van der Waals surface area contributed by atoms with Gasteiger partial charge in [0.25, 0.3) is 0 Å². The number of nitrogens with one attached hydrogen (secondary N) is 1. The highest BCUT2D eigenvalue weighted by Gasteiger charge is 2.30. The van der Waals surface area contributed by atoms with Crippen LogP contribution in [0.15, 0.2) is 36.5 Å². The Morgan fingerprint density at radius 3 is 1.31 bits per heavy atom. The van der Waals surface area contributed by atoms with Crippen molar-refractivity contribution in [3.05, 3.63) is 36.5 Å². The van der Waals surface area contributed by atoms with Gasteiger partial charge in [-0.3, -0.25) is 18.6 Å². The largest absolute Gasteiger partial charge is 0.472 e. The van der Waals surface area contributed by atoms with Crippen molar-refractivity contribution in [3.8, 4) is 0 Å². The molecule has 3 atom stereocenters. The summed E-state index contributed by atoms with van der Waals surface area (Å²) < 4.78 is 30.5. The van der Waals surface area contributed by atoms with Crippen LogP contribution in [0.3, 0.4) is 0 Å². The van der Waals surface area contributed by atoms with Gasteiger partial charge in [-0.2, -0.15) is 0 Å². The minimum atomic E-state index is -4.44. The van der Waals surface area contributed by atoms with E-state index in [1.54, 1.807) is 0 Å². The second kappa shape index (κ2) is 47.9. The van der Waals surface area contributed by atoms with E-state index in [0.717, 1.165) is 83.5 Å². The highest BCUT2D eigenvalue weighted by Crippen LogP contribution is 2.43. The lowest BCUT2D eigenvalue weighted by Gasteiger charge is -2.27. The summed E-state index contributed by atoms with van der Waals surface area (Å²) in [6, 6.07) is -0.848. The van der Waals surface area contributed by atoms with Gasteiger partial charge in [0, 0.05) is 12.8 Å². The van der Waals surface area contributed by atoms with Gasteiger partial charge in [0.1, 0.15) is 19.3 Å². The molecule has 0 bridgehead atoms. The van der Waals surface area contributed by atoms with Gasteiger partial charge in [-0.25, -0.2) is 4.57 Å². The summed E-state index contributed by atoms with van der Waals surface area (Å²) in [7, 11) is 1.49. The Labute approximate surface area is 415 Å². The topological polar surface area (TPSA) is 111 Å². The van der Waals surface area contributed by atoms with Crippen LogP contribution in [0.25, 0.3) is 0 Å². The molecule has 10 heteroatoms. The van der Waals surface area contributed by atoms with Gasteiger partial charge in [0.15, 0.2) is 0 Å². The molecule has 0 aromatic rings. The number of quaternary nitrogens is 1. The second-order valence-electron chi connectivity index (χ2n) is 20.5. The van der Waals surface area contributed by atoms with E-state index in [1.165, 1.54) is 148 Å². The number of unbranched alkanes of at least 4 members (excludes halogenated alkanes) is 31. The molecule has 0 heterocycles. The highest BCUT2D eigenvalue weighted by molar-refractivity contribution is 7.47. The van der Waals surface area contributed by atoms with Crippen molar-refractivity contribution in [2.75, 3.05) is 40.9 Å². The average molecular weight is 966 g/mol. The van der Waals surface area contributed by atoms with Gasteiger partial charge in [0.2, 0.25) is 5.91 Å². The Bertz CT molecular complexity index is 1250. The molecule has 0 aromatic carbocycles. The molecule has 0 rings (SSSR count). The van der Waals surface area contributed by atoms with E-state index in [2.05, 4.69) is 50.4 Å². The van der Waals surface area contributed by atoms with Gasteiger partial charge in [-0.15, -0.1) is 0 Å². The highest BCUT2D eigenvalue weighted by atomic mass is 31.2. The van der Waals surface area contributed by atoms with Gasteiger partial charge in [0.05, 0.1) is 33.8 Å². The first-order valence-electron chi connectivity index (χ1n) is 28.3. The molecular weight excluding hydrogens is 856 g/mol. The lowest BCUT2D eigenvalue weighted by Crippen LogP contribution is -2.47. The Kier molecular flexibility index (Phi) is 46.6. The quantitative estimate of drug-likeness (QED) is 0.0205. The first-order valence-corrected chi connectivity index (χ1v) is 29.8. The molecule has 0 saturated heterocycles. The Hall–Kier alpha value is -1.77. The van der Waals surface area contributed by atoms with E-state index in [4.69, 9.17) is 13.8 Å². The lowest BCUT2D eigenvalue weighted by molar-refractivity contribution is -0.870. The van der Waals surface area contributed by atoms with Crippen LogP contribution in [0.5, 0.6) is 0 Å². The predicted octanol–water partition coefficient (Wildman–Crippen LogP) is 16.8. The van der Waals surface area contributed by atoms with Crippen molar-refractivity contribution >= 4 is 19.7 Å². The van der Waals surface area contributed by atoms with E-state index in [-0.39, 0.29) is 31.5 Å². The number of phosphoric acid groups is 1. The summed E-state index contributed by atoms with van der Waals surface area (Å²) in [5.74, 6) is -0.514. The van der Waals surface area contributed by atoms with Crippen LogP contribution in [-0.4, -0.2) is 74.3 Å². The molecule has 0 fully saturated rings. The number of nitrogens with zero attached hydrogens (tertiary/aromatic N) is 1. The number of carbonyl (C=O) groups excluding carboxylic acids is 2. The standard InChI is InChI=1S/C57H109N2O7P/c1-7-10-13-16-19-22-25-26-27-28-29-30-31-32-35-38-41-44-47-50-57(61)66-55(48-45-42-39-36-33-23-20-17-14-11-8-2)54(53-65-67(62,63)64-52-51-59(4,5)6)58-56(60)49-46-43-40-37-34-24-21-18-15-12-9-3/h18,21,26-27,45,48,54-55H,7-17,19-20,22-25,28-44,46-47,49-53H2,1-6H3,(H-,58,60,62,63)/p+1/b21-18-,27-26+,48-45-. The molecule has 0 saturated carbocycles. The summed E-state index contributed by atoms with van der Waals surface area (Å²) in [5, 5.41) is 3.03. The molecule has 394 valence electrons. The summed E-state index contributed by atoms with van der Waals surface area (Å²) in [6.07, 6.45) is 55.7. The van der Waals surface area contributed by atoms with Crippen LogP contribution in [0.2, 0.25) is 0 Å².